The number of benzene rings is 1. The summed E-state index contributed by atoms with van der Waals surface area (Å²) in [7, 11) is 0. The predicted molar refractivity (Wildman–Crippen MR) is 78.4 cm³/mol. The molecular formula is C15H18ClN3. The first-order valence-electron chi connectivity index (χ1n) is 6.80. The summed E-state index contributed by atoms with van der Waals surface area (Å²) in [6, 6.07) is 8.52. The molecule has 0 spiro atoms. The number of rotatable bonds is 5. The van der Waals surface area contributed by atoms with E-state index in [9.17, 15) is 0 Å². The Hall–Kier alpha value is -1.48. The molecule has 1 fully saturated rings. The minimum absolute atomic E-state index is 0.367. The second kappa shape index (κ2) is 5.25. The highest BCUT2D eigenvalue weighted by Gasteiger charge is 2.32. The van der Waals surface area contributed by atoms with E-state index >= 15 is 0 Å². The zero-order valence-corrected chi connectivity index (χ0v) is 11.8. The van der Waals surface area contributed by atoms with Gasteiger partial charge >= 0.3 is 0 Å². The Morgan fingerprint density at radius 2 is 2.11 bits per heavy atom. The van der Waals surface area contributed by atoms with E-state index in [1.165, 1.54) is 18.4 Å². The van der Waals surface area contributed by atoms with E-state index in [-0.39, 0.29) is 0 Å². The molecule has 1 aliphatic rings. The Morgan fingerprint density at radius 1 is 1.37 bits per heavy atom. The maximum Gasteiger partial charge on any atom is 0.0731 e. The molecule has 3 nitrogen and oxygen atoms in total. The van der Waals surface area contributed by atoms with Crippen molar-refractivity contribution in [2.75, 3.05) is 5.32 Å². The molecule has 1 saturated carbocycles. The molecule has 19 heavy (non-hydrogen) atoms. The van der Waals surface area contributed by atoms with Crippen molar-refractivity contribution >= 4 is 17.3 Å². The highest BCUT2D eigenvalue weighted by Crippen LogP contribution is 2.43. The average molecular weight is 276 g/mol. The van der Waals surface area contributed by atoms with Crippen LogP contribution >= 0.6 is 11.6 Å². The van der Waals surface area contributed by atoms with Crippen LogP contribution in [0.4, 0.5) is 5.69 Å². The number of halogens is 1. The van der Waals surface area contributed by atoms with Crippen LogP contribution in [0.3, 0.4) is 0 Å². The Morgan fingerprint density at radius 3 is 2.68 bits per heavy atom. The third-order valence-electron chi connectivity index (χ3n) is 3.60. The Bertz CT molecular complexity index is 543. The largest absolute Gasteiger partial charge is 0.375 e. The first-order chi connectivity index (χ1) is 9.26. The van der Waals surface area contributed by atoms with Crippen LogP contribution in [0, 0.1) is 5.92 Å². The lowest BCUT2D eigenvalue weighted by Gasteiger charge is -2.19. The van der Waals surface area contributed by atoms with E-state index < -0.39 is 0 Å². The summed E-state index contributed by atoms with van der Waals surface area (Å²) in [5.74, 6) is 0.728. The fraction of sp³-hybridized carbons (Fsp3) is 0.400. The minimum Gasteiger partial charge on any atom is -0.375 e. The minimum atomic E-state index is 0.367. The number of aryl methyl sites for hydroxylation is 1. The molecule has 1 aromatic carbocycles. The molecule has 1 aliphatic carbocycles. The van der Waals surface area contributed by atoms with Gasteiger partial charge in [0.1, 0.15) is 0 Å². The van der Waals surface area contributed by atoms with E-state index in [2.05, 4.69) is 35.7 Å². The molecule has 3 rings (SSSR count). The number of hydrogen-bond acceptors (Lipinski definition) is 2. The van der Waals surface area contributed by atoms with Crippen molar-refractivity contribution in [1.82, 2.24) is 9.78 Å². The summed E-state index contributed by atoms with van der Waals surface area (Å²) in [4.78, 5) is 0. The monoisotopic (exact) mass is 275 g/mol. The van der Waals surface area contributed by atoms with Crippen molar-refractivity contribution in [2.45, 2.75) is 32.4 Å². The zero-order chi connectivity index (χ0) is 13.2. The van der Waals surface area contributed by atoms with Crippen molar-refractivity contribution in [3.63, 3.8) is 0 Å². The fourth-order valence-corrected chi connectivity index (χ4v) is 2.49. The Labute approximate surface area is 118 Å². The van der Waals surface area contributed by atoms with E-state index in [0.29, 0.717) is 6.04 Å². The first-order valence-corrected chi connectivity index (χ1v) is 7.18. The molecule has 0 amide bonds. The van der Waals surface area contributed by atoms with Gasteiger partial charge in [-0.25, -0.2) is 0 Å². The van der Waals surface area contributed by atoms with Crippen LogP contribution in [-0.4, -0.2) is 9.78 Å². The summed E-state index contributed by atoms with van der Waals surface area (Å²) in [6.07, 6.45) is 6.55. The summed E-state index contributed by atoms with van der Waals surface area (Å²) in [5, 5.41) is 8.70. The molecule has 2 aromatic rings. The van der Waals surface area contributed by atoms with Gasteiger partial charge in [-0.05, 0) is 43.4 Å². The van der Waals surface area contributed by atoms with Crippen LogP contribution in [0.5, 0.6) is 0 Å². The summed E-state index contributed by atoms with van der Waals surface area (Å²) >= 11 is 5.96. The molecule has 0 aliphatic heterocycles. The third kappa shape index (κ3) is 2.92. The van der Waals surface area contributed by atoms with E-state index in [0.717, 1.165) is 23.2 Å². The van der Waals surface area contributed by atoms with E-state index in [1.54, 1.807) is 0 Å². The second-order valence-electron chi connectivity index (χ2n) is 5.10. The highest BCUT2D eigenvalue weighted by atomic mass is 35.5. The molecule has 4 heteroatoms. The molecular weight excluding hydrogens is 258 g/mol. The van der Waals surface area contributed by atoms with Crippen molar-refractivity contribution in [2.24, 2.45) is 5.92 Å². The third-order valence-corrected chi connectivity index (χ3v) is 3.85. The van der Waals surface area contributed by atoms with Gasteiger partial charge in [-0.1, -0.05) is 23.7 Å². The Kier molecular flexibility index (Phi) is 3.47. The number of nitrogens with one attached hydrogen (secondary N) is 1. The lowest BCUT2D eigenvalue weighted by molar-refractivity contribution is 0.658. The standard InChI is InChI=1S/C15H18ClN3/c1-2-19-10-14(9-17-19)18-15(11-3-4-11)12-5-7-13(16)8-6-12/h5-11,15,18H,2-4H2,1H3. The van der Waals surface area contributed by atoms with Gasteiger partial charge in [-0.15, -0.1) is 0 Å². The summed E-state index contributed by atoms with van der Waals surface area (Å²) < 4.78 is 1.94. The number of nitrogens with zero attached hydrogens (tertiary/aromatic N) is 2. The van der Waals surface area contributed by atoms with Gasteiger partial charge in [0.2, 0.25) is 0 Å². The van der Waals surface area contributed by atoms with Crippen LogP contribution in [0.25, 0.3) is 0 Å². The van der Waals surface area contributed by atoms with E-state index in [4.69, 9.17) is 11.6 Å². The lowest BCUT2D eigenvalue weighted by Crippen LogP contribution is -2.12. The van der Waals surface area contributed by atoms with Gasteiger partial charge < -0.3 is 5.32 Å². The van der Waals surface area contributed by atoms with Gasteiger partial charge in [0.15, 0.2) is 0 Å². The average Bonchev–Trinajstić information content (AvgIpc) is 3.17. The smallest absolute Gasteiger partial charge is 0.0731 e. The SMILES string of the molecule is CCn1cc(NC(c2ccc(Cl)cc2)C2CC2)cn1. The molecule has 1 atom stereocenters. The zero-order valence-electron chi connectivity index (χ0n) is 11.0. The van der Waals surface area contributed by atoms with Crippen LogP contribution in [0.2, 0.25) is 5.02 Å². The van der Waals surface area contributed by atoms with Crippen LogP contribution in [-0.2, 0) is 6.54 Å². The van der Waals surface area contributed by atoms with Gasteiger partial charge in [0.25, 0.3) is 0 Å². The Balaban J connectivity index is 1.79. The van der Waals surface area contributed by atoms with Gasteiger partial charge in [0.05, 0.1) is 17.9 Å². The van der Waals surface area contributed by atoms with Crippen LogP contribution < -0.4 is 5.32 Å². The molecule has 1 N–H and O–H groups in total. The molecule has 1 aromatic heterocycles. The first kappa shape index (κ1) is 12.5. The van der Waals surface area contributed by atoms with Crippen LogP contribution in [0.15, 0.2) is 36.7 Å². The second-order valence-corrected chi connectivity index (χ2v) is 5.53. The topological polar surface area (TPSA) is 29.9 Å². The van der Waals surface area contributed by atoms with Gasteiger partial charge in [-0.2, -0.15) is 5.10 Å². The molecule has 100 valence electrons. The number of hydrogen-bond donors (Lipinski definition) is 1. The van der Waals surface area contributed by atoms with Crippen molar-refractivity contribution < 1.29 is 0 Å². The maximum absolute atomic E-state index is 5.96. The lowest BCUT2D eigenvalue weighted by atomic mass is 10.0. The van der Waals surface area contributed by atoms with Gasteiger partial charge in [-0.3, -0.25) is 4.68 Å². The normalized spacial score (nSPS) is 16.3. The van der Waals surface area contributed by atoms with Crippen molar-refractivity contribution in [3.05, 3.63) is 47.2 Å². The molecule has 0 bridgehead atoms. The molecule has 1 heterocycles. The van der Waals surface area contributed by atoms with E-state index in [1.807, 2.05) is 23.0 Å². The van der Waals surface area contributed by atoms with Crippen molar-refractivity contribution in [3.8, 4) is 0 Å². The number of anilines is 1. The van der Waals surface area contributed by atoms with Gasteiger partial charge in [0, 0.05) is 17.8 Å². The molecule has 1 unspecified atom stereocenters. The predicted octanol–water partition coefficient (Wildman–Crippen LogP) is 4.12. The number of aromatic nitrogens is 2. The molecule has 0 saturated heterocycles. The highest BCUT2D eigenvalue weighted by molar-refractivity contribution is 6.30. The summed E-state index contributed by atoms with van der Waals surface area (Å²) in [6.45, 7) is 2.99. The fourth-order valence-electron chi connectivity index (χ4n) is 2.36. The maximum atomic E-state index is 5.96. The van der Waals surface area contributed by atoms with Crippen LogP contribution in [0.1, 0.15) is 31.4 Å². The quantitative estimate of drug-likeness (QED) is 0.890. The van der Waals surface area contributed by atoms with Crippen molar-refractivity contribution in [1.29, 1.82) is 0 Å². The molecule has 0 radical (unpaired) electrons. The summed E-state index contributed by atoms with van der Waals surface area (Å²) in [5.41, 5.74) is 2.39.